The molecule has 1 aliphatic rings. The van der Waals surface area contributed by atoms with Gasteiger partial charge in [-0.15, -0.1) is 11.8 Å². The third-order valence-electron chi connectivity index (χ3n) is 5.53. The Kier molecular flexibility index (Phi) is 9.31. The van der Waals surface area contributed by atoms with Crippen molar-refractivity contribution in [2.24, 2.45) is 0 Å². The van der Waals surface area contributed by atoms with Crippen LogP contribution in [0.3, 0.4) is 0 Å². The van der Waals surface area contributed by atoms with Crippen molar-refractivity contribution >= 4 is 70.1 Å². The van der Waals surface area contributed by atoms with Gasteiger partial charge in [-0.2, -0.15) is 11.8 Å². The molecule has 2 amide bonds. The summed E-state index contributed by atoms with van der Waals surface area (Å²) in [5, 5.41) is 4.85. The van der Waals surface area contributed by atoms with Crippen LogP contribution in [0, 0.1) is 0 Å². The molecule has 1 saturated heterocycles. The maximum atomic E-state index is 12.6. The molecule has 0 aliphatic carbocycles. The Morgan fingerprint density at radius 1 is 1.00 bits per heavy atom. The van der Waals surface area contributed by atoms with Gasteiger partial charge < -0.3 is 10.2 Å². The highest BCUT2D eigenvalue weighted by Crippen LogP contribution is 2.39. The Balaban J connectivity index is 1.28. The van der Waals surface area contributed by atoms with E-state index in [9.17, 15) is 9.59 Å². The summed E-state index contributed by atoms with van der Waals surface area (Å²) in [5.74, 6) is 1.85. The number of carbonyl (C=O) groups is 2. The van der Waals surface area contributed by atoms with Crippen LogP contribution in [0.4, 0.5) is 0 Å². The van der Waals surface area contributed by atoms with Crippen LogP contribution in [0.1, 0.15) is 32.4 Å². The van der Waals surface area contributed by atoms with Gasteiger partial charge >= 0.3 is 0 Å². The third-order valence-corrected chi connectivity index (χ3v) is 8.73. The van der Waals surface area contributed by atoms with E-state index in [1.54, 1.807) is 23.5 Å². The van der Waals surface area contributed by atoms with E-state index in [4.69, 9.17) is 34.8 Å². The molecule has 1 atom stereocenters. The first-order valence-corrected chi connectivity index (χ1v) is 14.3. The van der Waals surface area contributed by atoms with Crippen molar-refractivity contribution in [1.82, 2.24) is 10.2 Å². The number of carbonyl (C=O) groups excluding carboxylic acids is 2. The number of thioether (sulfide) groups is 2. The first-order chi connectivity index (χ1) is 16.9. The molecule has 9 heteroatoms. The molecule has 35 heavy (non-hydrogen) atoms. The molecular formula is C26H23Cl3N2O2S2. The molecule has 0 spiro atoms. The van der Waals surface area contributed by atoms with Gasteiger partial charge in [0.25, 0.3) is 5.91 Å². The summed E-state index contributed by atoms with van der Waals surface area (Å²) < 4.78 is 0. The van der Waals surface area contributed by atoms with E-state index in [0.717, 1.165) is 22.4 Å². The van der Waals surface area contributed by atoms with Crippen LogP contribution >= 0.6 is 58.3 Å². The van der Waals surface area contributed by atoms with Crippen molar-refractivity contribution in [3.05, 3.63) is 104 Å². The topological polar surface area (TPSA) is 49.4 Å². The molecule has 1 N–H and O–H groups in total. The minimum atomic E-state index is -0.124. The number of nitrogens with zero attached hydrogens (tertiary/aromatic N) is 1. The molecular weight excluding hydrogens is 543 g/mol. The molecule has 3 aromatic rings. The lowest BCUT2D eigenvalue weighted by atomic mass is 10.1. The maximum Gasteiger partial charge on any atom is 0.251 e. The SMILES string of the molecule is O=C(NCCSCc1c(Cl)cccc1Cl)c1ccc([C@H]2SCC(=O)N2Cc2ccc(Cl)cc2)cc1. The first kappa shape index (κ1) is 26.2. The maximum absolute atomic E-state index is 12.6. The van der Waals surface area contributed by atoms with Gasteiger partial charge in [0.1, 0.15) is 5.37 Å². The molecule has 0 bridgehead atoms. The van der Waals surface area contributed by atoms with Crippen molar-refractivity contribution in [1.29, 1.82) is 0 Å². The highest BCUT2D eigenvalue weighted by molar-refractivity contribution is 8.00. The third kappa shape index (κ3) is 6.89. The van der Waals surface area contributed by atoms with E-state index in [1.165, 1.54) is 0 Å². The van der Waals surface area contributed by atoms with Crippen LogP contribution in [0.15, 0.2) is 66.7 Å². The predicted molar refractivity (Wildman–Crippen MR) is 149 cm³/mol. The lowest BCUT2D eigenvalue weighted by Gasteiger charge is -2.24. The normalized spacial score (nSPS) is 15.5. The van der Waals surface area contributed by atoms with Gasteiger partial charge in [0.15, 0.2) is 0 Å². The fourth-order valence-electron chi connectivity index (χ4n) is 3.67. The minimum absolute atomic E-state index is 0.0803. The van der Waals surface area contributed by atoms with E-state index in [0.29, 0.717) is 45.2 Å². The summed E-state index contributed by atoms with van der Waals surface area (Å²) in [4.78, 5) is 26.9. The van der Waals surface area contributed by atoms with Gasteiger partial charge in [-0.1, -0.05) is 65.1 Å². The molecule has 3 aromatic carbocycles. The number of nitrogens with one attached hydrogen (secondary N) is 1. The number of hydrogen-bond acceptors (Lipinski definition) is 4. The van der Waals surface area contributed by atoms with Crippen molar-refractivity contribution < 1.29 is 9.59 Å². The summed E-state index contributed by atoms with van der Waals surface area (Å²) in [6.45, 7) is 1.06. The summed E-state index contributed by atoms with van der Waals surface area (Å²) in [5.41, 5.74) is 3.53. The van der Waals surface area contributed by atoms with Gasteiger partial charge in [0.2, 0.25) is 5.91 Å². The fourth-order valence-corrected chi connectivity index (χ4v) is 6.58. The van der Waals surface area contributed by atoms with Crippen LogP contribution in [0.2, 0.25) is 15.1 Å². The molecule has 182 valence electrons. The monoisotopic (exact) mass is 564 g/mol. The summed E-state index contributed by atoms with van der Waals surface area (Å²) in [6, 6.07) is 20.5. The average Bonchev–Trinajstić information content (AvgIpc) is 3.21. The van der Waals surface area contributed by atoms with E-state index < -0.39 is 0 Å². The van der Waals surface area contributed by atoms with Gasteiger partial charge in [-0.25, -0.2) is 0 Å². The lowest BCUT2D eigenvalue weighted by Crippen LogP contribution is -2.28. The van der Waals surface area contributed by atoms with Crippen molar-refractivity contribution in [2.45, 2.75) is 17.7 Å². The lowest BCUT2D eigenvalue weighted by molar-refractivity contribution is -0.128. The Morgan fingerprint density at radius 3 is 2.37 bits per heavy atom. The van der Waals surface area contributed by atoms with Crippen LogP contribution in [0.5, 0.6) is 0 Å². The first-order valence-electron chi connectivity index (χ1n) is 11.0. The average molecular weight is 566 g/mol. The minimum Gasteiger partial charge on any atom is -0.351 e. The Morgan fingerprint density at radius 2 is 1.69 bits per heavy atom. The van der Waals surface area contributed by atoms with E-state index in [1.807, 2.05) is 71.6 Å². The van der Waals surface area contributed by atoms with Crippen LogP contribution in [-0.2, 0) is 17.1 Å². The largest absolute Gasteiger partial charge is 0.351 e. The second kappa shape index (κ2) is 12.4. The molecule has 0 aromatic heterocycles. The van der Waals surface area contributed by atoms with E-state index in [2.05, 4.69) is 5.32 Å². The van der Waals surface area contributed by atoms with E-state index >= 15 is 0 Å². The smallest absolute Gasteiger partial charge is 0.251 e. The van der Waals surface area contributed by atoms with Crippen LogP contribution in [-0.4, -0.2) is 34.8 Å². The van der Waals surface area contributed by atoms with Gasteiger partial charge in [-0.3, -0.25) is 9.59 Å². The zero-order valence-corrected chi connectivity index (χ0v) is 22.6. The summed E-state index contributed by atoms with van der Waals surface area (Å²) in [7, 11) is 0. The molecule has 4 rings (SSSR count). The number of rotatable bonds is 9. The standard InChI is InChI=1S/C26H23Cl3N2O2S2/c27-20-10-4-17(5-11-20)14-31-24(32)16-35-26(31)19-8-6-18(7-9-19)25(33)30-12-13-34-15-21-22(28)2-1-3-23(21)29/h1-11,26H,12-16H2,(H,30,33)/t26-/m1/s1. The molecule has 0 unspecified atom stereocenters. The molecule has 1 fully saturated rings. The van der Waals surface area contributed by atoms with Crippen LogP contribution < -0.4 is 5.32 Å². The number of halogens is 3. The molecule has 0 radical (unpaired) electrons. The zero-order valence-electron chi connectivity index (χ0n) is 18.7. The summed E-state index contributed by atoms with van der Waals surface area (Å²) >= 11 is 21.6. The van der Waals surface area contributed by atoms with Gasteiger partial charge in [0.05, 0.1) is 5.75 Å². The number of amides is 2. The van der Waals surface area contributed by atoms with Gasteiger partial charge in [-0.05, 0) is 53.1 Å². The predicted octanol–water partition coefficient (Wildman–Crippen LogP) is 7.08. The highest BCUT2D eigenvalue weighted by Gasteiger charge is 2.32. The van der Waals surface area contributed by atoms with Crippen molar-refractivity contribution in [2.75, 3.05) is 18.1 Å². The fraction of sp³-hybridized carbons (Fsp3) is 0.231. The van der Waals surface area contributed by atoms with Gasteiger partial charge in [0, 0.05) is 45.2 Å². The molecule has 1 heterocycles. The highest BCUT2D eigenvalue weighted by atomic mass is 35.5. The number of hydrogen-bond donors (Lipinski definition) is 1. The quantitative estimate of drug-likeness (QED) is 0.282. The zero-order chi connectivity index (χ0) is 24.8. The Hall–Kier alpha value is -1.83. The molecule has 0 saturated carbocycles. The molecule has 4 nitrogen and oxygen atoms in total. The summed E-state index contributed by atoms with van der Waals surface area (Å²) in [6.07, 6.45) is 0. The van der Waals surface area contributed by atoms with Crippen molar-refractivity contribution in [3.63, 3.8) is 0 Å². The second-order valence-electron chi connectivity index (χ2n) is 7.94. The van der Waals surface area contributed by atoms with Crippen molar-refractivity contribution in [3.8, 4) is 0 Å². The van der Waals surface area contributed by atoms with Crippen LogP contribution in [0.25, 0.3) is 0 Å². The van der Waals surface area contributed by atoms with E-state index in [-0.39, 0.29) is 17.2 Å². The number of benzene rings is 3. The second-order valence-corrected chi connectivity index (χ2v) is 11.4. The molecule has 1 aliphatic heterocycles. The Labute approximate surface area is 228 Å². The Bertz CT molecular complexity index is 1170.